The number of anilines is 1. The third-order valence-electron chi connectivity index (χ3n) is 5.23. The second-order valence-corrected chi connectivity index (χ2v) is 9.02. The summed E-state index contributed by atoms with van der Waals surface area (Å²) in [6, 6.07) is 35.4. The molecule has 0 saturated carbocycles. The maximum Gasteiger partial charge on any atom is 0.0452 e. The summed E-state index contributed by atoms with van der Waals surface area (Å²) in [4.78, 5) is 2.47. The maximum absolute atomic E-state index is 2.47. The van der Waals surface area contributed by atoms with Crippen LogP contribution in [0.2, 0.25) is 0 Å². The van der Waals surface area contributed by atoms with E-state index in [1.165, 1.54) is 32.4 Å². The number of hydrogen-bond donors (Lipinski definition) is 0. The smallest absolute Gasteiger partial charge is 0.0452 e. The van der Waals surface area contributed by atoms with Gasteiger partial charge in [0.15, 0.2) is 0 Å². The van der Waals surface area contributed by atoms with E-state index in [9.17, 15) is 0 Å². The highest BCUT2D eigenvalue weighted by atomic mass is 31.1. The van der Waals surface area contributed by atoms with E-state index in [2.05, 4.69) is 116 Å². The normalized spacial score (nSPS) is 11.1. The van der Waals surface area contributed by atoms with E-state index in [0.29, 0.717) is 0 Å². The van der Waals surface area contributed by atoms with Gasteiger partial charge < -0.3 is 4.90 Å². The van der Waals surface area contributed by atoms with Gasteiger partial charge in [-0.05, 0) is 49.1 Å². The molecule has 0 aliphatic rings. The Morgan fingerprint density at radius 1 is 0.607 bits per heavy atom. The Morgan fingerprint density at radius 2 is 1.14 bits per heavy atom. The molecular weight excluding hydrogens is 357 g/mol. The molecule has 140 valence electrons. The zero-order valence-corrected chi connectivity index (χ0v) is 17.4. The Balaban J connectivity index is 2.02. The first-order valence-electron chi connectivity index (χ1n) is 10.0. The summed E-state index contributed by atoms with van der Waals surface area (Å²) in [7, 11) is -0.623. The van der Waals surface area contributed by atoms with Gasteiger partial charge in [-0.2, -0.15) is 0 Å². The van der Waals surface area contributed by atoms with Gasteiger partial charge in [0, 0.05) is 24.2 Å². The Kier molecular flexibility index (Phi) is 5.74. The summed E-state index contributed by atoms with van der Waals surface area (Å²) in [6.07, 6.45) is 0. The van der Waals surface area contributed by atoms with Crippen molar-refractivity contribution in [1.29, 1.82) is 0 Å². The van der Waals surface area contributed by atoms with Crippen molar-refractivity contribution in [1.82, 2.24) is 0 Å². The van der Waals surface area contributed by atoms with Crippen LogP contribution in [0.3, 0.4) is 0 Å². The molecule has 0 aliphatic carbocycles. The van der Waals surface area contributed by atoms with Crippen LogP contribution in [0.1, 0.15) is 13.8 Å². The van der Waals surface area contributed by atoms with E-state index in [4.69, 9.17) is 0 Å². The van der Waals surface area contributed by atoms with E-state index in [0.717, 1.165) is 13.1 Å². The van der Waals surface area contributed by atoms with Crippen molar-refractivity contribution >= 4 is 40.3 Å². The van der Waals surface area contributed by atoms with Crippen LogP contribution in [-0.2, 0) is 0 Å². The lowest BCUT2D eigenvalue weighted by Gasteiger charge is -2.27. The van der Waals surface area contributed by atoms with Crippen molar-refractivity contribution in [3.63, 3.8) is 0 Å². The third kappa shape index (κ3) is 3.55. The molecule has 0 aliphatic heterocycles. The van der Waals surface area contributed by atoms with Crippen LogP contribution in [-0.4, -0.2) is 13.1 Å². The number of rotatable bonds is 6. The summed E-state index contributed by atoms with van der Waals surface area (Å²) in [5.74, 6) is 0. The molecule has 0 radical (unpaired) electrons. The average molecular weight is 383 g/mol. The Hall–Kier alpha value is -2.63. The molecule has 0 atom stereocenters. The van der Waals surface area contributed by atoms with Crippen molar-refractivity contribution in [3.05, 3.63) is 97.1 Å². The zero-order chi connectivity index (χ0) is 19.3. The maximum atomic E-state index is 2.47. The van der Waals surface area contributed by atoms with Crippen LogP contribution in [0, 0.1) is 0 Å². The van der Waals surface area contributed by atoms with Gasteiger partial charge in [-0.1, -0.05) is 91.0 Å². The Bertz CT molecular complexity index is 995. The second-order valence-electron chi connectivity index (χ2n) is 6.83. The van der Waals surface area contributed by atoms with E-state index in [1.54, 1.807) is 0 Å². The topological polar surface area (TPSA) is 3.24 Å². The number of fused-ring (bicyclic) bond motifs is 1. The average Bonchev–Trinajstić information content (AvgIpc) is 2.76. The molecule has 4 rings (SSSR count). The predicted octanol–water partition coefficient (Wildman–Crippen LogP) is 5.44. The van der Waals surface area contributed by atoms with Gasteiger partial charge in [-0.25, -0.2) is 0 Å². The second kappa shape index (κ2) is 8.59. The SMILES string of the molecule is CCN(CC)c1cccc2cccc(P(c3ccccc3)c3ccccc3)c12. The quantitative estimate of drug-likeness (QED) is 0.401. The van der Waals surface area contributed by atoms with Crippen LogP contribution in [0.25, 0.3) is 10.8 Å². The van der Waals surface area contributed by atoms with Crippen molar-refractivity contribution < 1.29 is 0 Å². The van der Waals surface area contributed by atoms with Gasteiger partial charge in [0.1, 0.15) is 0 Å². The summed E-state index contributed by atoms with van der Waals surface area (Å²) >= 11 is 0. The van der Waals surface area contributed by atoms with Crippen LogP contribution < -0.4 is 20.8 Å². The Morgan fingerprint density at radius 3 is 1.68 bits per heavy atom. The molecule has 0 spiro atoms. The van der Waals surface area contributed by atoms with Gasteiger partial charge in [0.25, 0.3) is 0 Å². The van der Waals surface area contributed by atoms with Gasteiger partial charge in [0.2, 0.25) is 0 Å². The molecule has 0 unspecified atom stereocenters. The molecule has 2 heteroatoms. The highest BCUT2D eigenvalue weighted by Gasteiger charge is 2.21. The largest absolute Gasteiger partial charge is 0.372 e. The summed E-state index contributed by atoms with van der Waals surface area (Å²) < 4.78 is 0. The third-order valence-corrected chi connectivity index (χ3v) is 7.72. The minimum Gasteiger partial charge on any atom is -0.372 e. The minimum absolute atomic E-state index is 0.623. The number of hydrogen-bond acceptors (Lipinski definition) is 1. The van der Waals surface area contributed by atoms with E-state index in [-0.39, 0.29) is 0 Å². The predicted molar refractivity (Wildman–Crippen MR) is 126 cm³/mol. The van der Waals surface area contributed by atoms with Crippen molar-refractivity contribution in [3.8, 4) is 0 Å². The lowest BCUT2D eigenvalue weighted by atomic mass is 10.1. The molecule has 0 fully saturated rings. The first kappa shape index (κ1) is 18.7. The monoisotopic (exact) mass is 383 g/mol. The van der Waals surface area contributed by atoms with Crippen molar-refractivity contribution in [2.24, 2.45) is 0 Å². The highest BCUT2D eigenvalue weighted by molar-refractivity contribution is 7.80. The number of nitrogens with zero attached hydrogens (tertiary/aromatic N) is 1. The molecule has 0 aromatic heterocycles. The minimum atomic E-state index is -0.623. The van der Waals surface area contributed by atoms with Crippen LogP contribution in [0.5, 0.6) is 0 Å². The van der Waals surface area contributed by atoms with E-state index >= 15 is 0 Å². The standard InChI is InChI=1S/C26H26NP/c1-3-27(4-2)24-19-11-13-21-14-12-20-25(26(21)24)28(22-15-7-5-8-16-22)23-17-9-6-10-18-23/h5-20H,3-4H2,1-2H3. The fraction of sp³-hybridized carbons (Fsp3) is 0.154. The van der Waals surface area contributed by atoms with Crippen molar-refractivity contribution in [2.75, 3.05) is 18.0 Å². The molecule has 4 aromatic rings. The fourth-order valence-electron chi connectivity index (χ4n) is 3.90. The molecule has 1 nitrogen and oxygen atoms in total. The lowest BCUT2D eigenvalue weighted by Crippen LogP contribution is -2.25. The van der Waals surface area contributed by atoms with Gasteiger partial charge in [-0.15, -0.1) is 0 Å². The van der Waals surface area contributed by atoms with Crippen LogP contribution >= 0.6 is 7.92 Å². The van der Waals surface area contributed by atoms with Gasteiger partial charge in [-0.3, -0.25) is 0 Å². The fourth-order valence-corrected chi connectivity index (χ4v) is 6.39. The molecule has 0 N–H and O–H groups in total. The van der Waals surface area contributed by atoms with E-state index < -0.39 is 7.92 Å². The van der Waals surface area contributed by atoms with Gasteiger partial charge >= 0.3 is 0 Å². The molecule has 0 saturated heterocycles. The Labute approximate surface area is 169 Å². The molecule has 0 amide bonds. The van der Waals surface area contributed by atoms with Gasteiger partial charge in [0.05, 0.1) is 0 Å². The summed E-state index contributed by atoms with van der Waals surface area (Å²) in [5, 5.41) is 6.94. The lowest BCUT2D eigenvalue weighted by molar-refractivity contribution is 0.871. The van der Waals surface area contributed by atoms with Crippen LogP contribution in [0.15, 0.2) is 97.1 Å². The summed E-state index contributed by atoms with van der Waals surface area (Å²) in [5.41, 5.74) is 1.34. The van der Waals surface area contributed by atoms with Crippen molar-refractivity contribution in [2.45, 2.75) is 13.8 Å². The first-order chi connectivity index (χ1) is 13.8. The molecule has 0 bridgehead atoms. The molecule has 28 heavy (non-hydrogen) atoms. The number of benzene rings is 4. The molecule has 4 aromatic carbocycles. The first-order valence-corrected chi connectivity index (χ1v) is 11.3. The zero-order valence-electron chi connectivity index (χ0n) is 16.5. The van der Waals surface area contributed by atoms with Crippen LogP contribution in [0.4, 0.5) is 5.69 Å². The van der Waals surface area contributed by atoms with E-state index in [1.807, 2.05) is 0 Å². The summed E-state index contributed by atoms with van der Waals surface area (Å²) in [6.45, 7) is 6.50. The highest BCUT2D eigenvalue weighted by Crippen LogP contribution is 2.38. The molecular formula is C26H26NP. The molecule has 0 heterocycles.